The van der Waals surface area contributed by atoms with E-state index in [-0.39, 0.29) is 17.9 Å². The number of halogens is 2. The van der Waals surface area contributed by atoms with Gasteiger partial charge in [-0.05, 0) is 53.0 Å². The van der Waals surface area contributed by atoms with Crippen LogP contribution in [0.4, 0.5) is 5.69 Å². The topological polar surface area (TPSA) is 74.0 Å². The number of hydrogen-bond donors (Lipinski definition) is 3. The van der Waals surface area contributed by atoms with E-state index in [2.05, 4.69) is 31.5 Å². The fraction of sp³-hybridized carbons (Fsp3) is 0.273. The Morgan fingerprint density at radius 3 is 2.55 bits per heavy atom. The standard InChI is InChI=1S/C22H21BrClN3O2/c23-19-15-8-4-5-9-18(15)27-20(19)22(29)26-14-10-11-17(24)16(12-14)21(28)25-13-6-2-1-3-7-13/h4-5,8-13,27H,1-3,6-7H2,(H,25,28)(H,26,29). The van der Waals surface area contributed by atoms with Gasteiger partial charge in [0.1, 0.15) is 5.69 Å². The summed E-state index contributed by atoms with van der Waals surface area (Å²) in [6.45, 7) is 0. The summed E-state index contributed by atoms with van der Waals surface area (Å²) >= 11 is 9.75. The monoisotopic (exact) mass is 473 g/mol. The van der Waals surface area contributed by atoms with Crippen molar-refractivity contribution in [2.45, 2.75) is 38.1 Å². The molecule has 1 aromatic heterocycles. The van der Waals surface area contributed by atoms with E-state index < -0.39 is 0 Å². The second kappa shape index (κ2) is 8.59. The van der Waals surface area contributed by atoms with E-state index in [1.165, 1.54) is 6.42 Å². The molecule has 1 saturated carbocycles. The average molecular weight is 475 g/mol. The van der Waals surface area contributed by atoms with Gasteiger partial charge in [-0.3, -0.25) is 9.59 Å². The number of nitrogens with one attached hydrogen (secondary N) is 3. The van der Waals surface area contributed by atoms with Crippen LogP contribution in [-0.4, -0.2) is 22.8 Å². The van der Waals surface area contributed by atoms with Crippen LogP contribution in [0.1, 0.15) is 53.0 Å². The fourth-order valence-electron chi connectivity index (χ4n) is 3.74. The van der Waals surface area contributed by atoms with E-state index in [0.717, 1.165) is 36.6 Å². The maximum Gasteiger partial charge on any atom is 0.273 e. The van der Waals surface area contributed by atoms with Gasteiger partial charge in [-0.1, -0.05) is 49.1 Å². The maximum atomic E-state index is 12.8. The molecule has 0 saturated heterocycles. The first-order valence-electron chi connectivity index (χ1n) is 9.71. The van der Waals surface area contributed by atoms with E-state index in [0.29, 0.717) is 26.4 Å². The molecular weight excluding hydrogens is 454 g/mol. The second-order valence-electron chi connectivity index (χ2n) is 7.32. The molecule has 1 fully saturated rings. The maximum absolute atomic E-state index is 12.8. The third kappa shape index (κ3) is 4.33. The van der Waals surface area contributed by atoms with Crippen molar-refractivity contribution in [3.8, 4) is 0 Å². The highest BCUT2D eigenvalue weighted by molar-refractivity contribution is 9.10. The Labute approximate surface area is 182 Å². The first kappa shape index (κ1) is 20.0. The van der Waals surface area contributed by atoms with Gasteiger partial charge in [0, 0.05) is 22.6 Å². The SMILES string of the molecule is O=C(NC1CCCCC1)c1cc(NC(=O)c2[nH]c3ccccc3c2Br)ccc1Cl. The third-order valence-electron chi connectivity index (χ3n) is 5.28. The highest BCUT2D eigenvalue weighted by atomic mass is 79.9. The molecule has 4 rings (SSSR count). The van der Waals surface area contributed by atoms with E-state index in [1.54, 1.807) is 18.2 Å². The lowest BCUT2D eigenvalue weighted by Gasteiger charge is -2.23. The number of aromatic amines is 1. The molecule has 1 heterocycles. The summed E-state index contributed by atoms with van der Waals surface area (Å²) in [5, 5.41) is 7.21. The van der Waals surface area contributed by atoms with Crippen LogP contribution in [0.15, 0.2) is 46.9 Å². The minimum Gasteiger partial charge on any atom is -0.350 e. The molecule has 150 valence electrons. The number of hydrogen-bond acceptors (Lipinski definition) is 2. The molecule has 7 heteroatoms. The zero-order chi connectivity index (χ0) is 20.4. The van der Waals surface area contributed by atoms with Crippen LogP contribution >= 0.6 is 27.5 Å². The Kier molecular flexibility index (Phi) is 5.92. The molecule has 0 aliphatic heterocycles. The number of rotatable bonds is 4. The van der Waals surface area contributed by atoms with Crippen LogP contribution in [0.3, 0.4) is 0 Å². The molecule has 1 aliphatic rings. The molecule has 2 aromatic carbocycles. The smallest absolute Gasteiger partial charge is 0.273 e. The van der Waals surface area contributed by atoms with Crippen molar-refractivity contribution in [2.75, 3.05) is 5.32 Å². The van der Waals surface area contributed by atoms with Gasteiger partial charge in [-0.2, -0.15) is 0 Å². The van der Waals surface area contributed by atoms with Crippen LogP contribution in [0.2, 0.25) is 5.02 Å². The number of H-pyrrole nitrogens is 1. The number of carbonyl (C=O) groups excluding carboxylic acids is 2. The lowest BCUT2D eigenvalue weighted by Crippen LogP contribution is -2.36. The summed E-state index contributed by atoms with van der Waals surface area (Å²) in [6, 6.07) is 12.8. The zero-order valence-corrected chi connectivity index (χ0v) is 18.1. The van der Waals surface area contributed by atoms with Gasteiger partial charge >= 0.3 is 0 Å². The number of carbonyl (C=O) groups is 2. The van der Waals surface area contributed by atoms with Gasteiger partial charge in [0.2, 0.25) is 0 Å². The number of para-hydroxylation sites is 1. The average Bonchev–Trinajstić information content (AvgIpc) is 3.07. The Morgan fingerprint density at radius 1 is 1.03 bits per heavy atom. The highest BCUT2D eigenvalue weighted by Crippen LogP contribution is 2.29. The van der Waals surface area contributed by atoms with Crippen molar-refractivity contribution in [2.24, 2.45) is 0 Å². The van der Waals surface area contributed by atoms with Crippen LogP contribution in [0.25, 0.3) is 10.9 Å². The predicted octanol–water partition coefficient (Wildman–Crippen LogP) is 5.90. The Hall–Kier alpha value is -2.31. The molecule has 0 bridgehead atoms. The number of fused-ring (bicyclic) bond motifs is 1. The quantitative estimate of drug-likeness (QED) is 0.440. The summed E-state index contributed by atoms with van der Waals surface area (Å²) in [7, 11) is 0. The molecule has 1 aliphatic carbocycles. The normalized spacial score (nSPS) is 14.7. The van der Waals surface area contributed by atoms with E-state index in [1.807, 2.05) is 24.3 Å². The van der Waals surface area contributed by atoms with Crippen LogP contribution in [-0.2, 0) is 0 Å². The van der Waals surface area contributed by atoms with Gasteiger partial charge in [-0.25, -0.2) is 0 Å². The van der Waals surface area contributed by atoms with Gasteiger partial charge in [-0.15, -0.1) is 0 Å². The molecule has 29 heavy (non-hydrogen) atoms. The fourth-order valence-corrected chi connectivity index (χ4v) is 4.57. The highest BCUT2D eigenvalue weighted by Gasteiger charge is 2.20. The molecule has 0 radical (unpaired) electrons. The molecule has 0 spiro atoms. The lowest BCUT2D eigenvalue weighted by atomic mass is 9.95. The minimum absolute atomic E-state index is 0.188. The van der Waals surface area contributed by atoms with Crippen molar-refractivity contribution in [3.05, 3.63) is 63.2 Å². The van der Waals surface area contributed by atoms with Crippen LogP contribution in [0.5, 0.6) is 0 Å². The summed E-state index contributed by atoms with van der Waals surface area (Å²) < 4.78 is 0.704. The summed E-state index contributed by atoms with van der Waals surface area (Å²) in [5.41, 5.74) is 2.17. The lowest BCUT2D eigenvalue weighted by molar-refractivity contribution is 0.0926. The predicted molar refractivity (Wildman–Crippen MR) is 120 cm³/mol. The molecule has 5 nitrogen and oxygen atoms in total. The Morgan fingerprint density at radius 2 is 1.79 bits per heavy atom. The van der Waals surface area contributed by atoms with Crippen molar-refractivity contribution >= 4 is 55.9 Å². The number of aromatic nitrogens is 1. The first-order chi connectivity index (χ1) is 14.0. The first-order valence-corrected chi connectivity index (χ1v) is 10.9. The van der Waals surface area contributed by atoms with Crippen LogP contribution < -0.4 is 10.6 Å². The molecule has 2 amide bonds. The largest absolute Gasteiger partial charge is 0.350 e. The summed E-state index contributed by atoms with van der Waals surface area (Å²) in [5.74, 6) is -0.501. The number of anilines is 1. The molecule has 0 atom stereocenters. The zero-order valence-electron chi connectivity index (χ0n) is 15.7. The van der Waals surface area contributed by atoms with Crippen molar-refractivity contribution in [1.29, 1.82) is 0 Å². The minimum atomic E-state index is -0.297. The second-order valence-corrected chi connectivity index (χ2v) is 8.52. The van der Waals surface area contributed by atoms with Crippen molar-refractivity contribution in [1.82, 2.24) is 10.3 Å². The Balaban J connectivity index is 1.52. The summed E-state index contributed by atoms with van der Waals surface area (Å²) in [4.78, 5) is 28.6. The molecule has 3 N–H and O–H groups in total. The van der Waals surface area contributed by atoms with Gasteiger partial charge in [0.25, 0.3) is 11.8 Å². The van der Waals surface area contributed by atoms with E-state index in [4.69, 9.17) is 11.6 Å². The van der Waals surface area contributed by atoms with Gasteiger partial charge in [0.05, 0.1) is 15.1 Å². The van der Waals surface area contributed by atoms with Crippen molar-refractivity contribution in [3.63, 3.8) is 0 Å². The summed E-state index contributed by atoms with van der Waals surface area (Å²) in [6.07, 6.45) is 5.47. The van der Waals surface area contributed by atoms with Crippen LogP contribution in [0, 0.1) is 0 Å². The van der Waals surface area contributed by atoms with E-state index in [9.17, 15) is 9.59 Å². The van der Waals surface area contributed by atoms with Crippen molar-refractivity contribution < 1.29 is 9.59 Å². The van der Waals surface area contributed by atoms with E-state index >= 15 is 0 Å². The molecule has 3 aromatic rings. The molecular formula is C22H21BrClN3O2. The molecule has 0 unspecified atom stereocenters. The number of benzene rings is 2. The number of amides is 2. The van der Waals surface area contributed by atoms with Gasteiger partial charge < -0.3 is 15.6 Å². The van der Waals surface area contributed by atoms with Gasteiger partial charge in [0.15, 0.2) is 0 Å². The third-order valence-corrected chi connectivity index (χ3v) is 6.43. The Bertz CT molecular complexity index is 1070.